The molecule has 1 amide bonds. The molecule has 2 aromatic rings. The average molecular weight is 388 g/mol. The molecule has 0 spiro atoms. The predicted octanol–water partition coefficient (Wildman–Crippen LogP) is 2.55. The number of sulfonamides is 1. The van der Waals surface area contributed by atoms with Crippen molar-refractivity contribution in [1.29, 1.82) is 0 Å². The van der Waals surface area contributed by atoms with Gasteiger partial charge in [0.25, 0.3) is 0 Å². The summed E-state index contributed by atoms with van der Waals surface area (Å²) in [5.74, 6) is 0.488. The van der Waals surface area contributed by atoms with Gasteiger partial charge in [0.2, 0.25) is 15.9 Å². The summed E-state index contributed by atoms with van der Waals surface area (Å²) in [5, 5.41) is 2.87. The van der Waals surface area contributed by atoms with Gasteiger partial charge in [-0.05, 0) is 42.7 Å². The number of piperidine rings is 1. The largest absolute Gasteiger partial charge is 0.497 e. The zero-order chi connectivity index (χ0) is 19.3. The molecule has 3 rings (SSSR count). The second-order valence-electron chi connectivity index (χ2n) is 6.51. The number of methoxy groups -OCH3 is 1. The maximum absolute atomic E-state index is 13.0. The number of amides is 1. The van der Waals surface area contributed by atoms with Gasteiger partial charge in [-0.15, -0.1) is 0 Å². The zero-order valence-electron chi connectivity index (χ0n) is 15.3. The minimum Gasteiger partial charge on any atom is -0.497 e. The Labute approximate surface area is 160 Å². The molecule has 1 N–H and O–H groups in total. The van der Waals surface area contributed by atoms with Gasteiger partial charge in [-0.25, -0.2) is 8.42 Å². The highest BCUT2D eigenvalue weighted by molar-refractivity contribution is 7.89. The van der Waals surface area contributed by atoms with Crippen molar-refractivity contribution in [2.24, 2.45) is 0 Å². The van der Waals surface area contributed by atoms with Gasteiger partial charge >= 0.3 is 0 Å². The third kappa shape index (κ3) is 4.48. The lowest BCUT2D eigenvalue weighted by atomic mass is 10.0. The summed E-state index contributed by atoms with van der Waals surface area (Å²) < 4.78 is 32.4. The van der Waals surface area contributed by atoms with Gasteiger partial charge in [-0.3, -0.25) is 4.79 Å². The van der Waals surface area contributed by atoms with Crippen LogP contribution >= 0.6 is 0 Å². The average Bonchev–Trinajstić information content (AvgIpc) is 2.73. The monoisotopic (exact) mass is 388 g/mol. The number of ether oxygens (including phenoxy) is 1. The molecule has 0 bridgehead atoms. The first kappa shape index (κ1) is 19.4. The first-order chi connectivity index (χ1) is 13.0. The molecule has 0 aliphatic carbocycles. The second kappa shape index (κ2) is 8.54. The number of nitrogens with one attached hydrogen (secondary N) is 1. The third-order valence-corrected chi connectivity index (χ3v) is 6.65. The van der Waals surface area contributed by atoms with Crippen LogP contribution in [0.3, 0.4) is 0 Å². The van der Waals surface area contributed by atoms with Crippen LogP contribution in [0.25, 0.3) is 0 Å². The standard InChI is InChI=1S/C20H24N2O4S/c1-26-17-12-10-16(11-13-17)15-21-20(23)19-9-5-6-14-22(19)27(24,25)18-7-3-2-4-8-18/h2-4,7-8,10-13,19H,5-6,9,14-15H2,1H3,(H,21,23). The van der Waals surface area contributed by atoms with Gasteiger partial charge < -0.3 is 10.1 Å². The minimum atomic E-state index is -3.69. The van der Waals surface area contributed by atoms with E-state index in [0.29, 0.717) is 19.5 Å². The smallest absolute Gasteiger partial charge is 0.243 e. The number of rotatable bonds is 6. The van der Waals surface area contributed by atoms with Crippen molar-refractivity contribution in [3.63, 3.8) is 0 Å². The number of hydrogen-bond donors (Lipinski definition) is 1. The third-order valence-electron chi connectivity index (χ3n) is 4.73. The Morgan fingerprint density at radius 3 is 2.48 bits per heavy atom. The number of carbonyl (C=O) groups is 1. The van der Waals surface area contributed by atoms with E-state index in [2.05, 4.69) is 5.32 Å². The lowest BCUT2D eigenvalue weighted by molar-refractivity contribution is -0.125. The highest BCUT2D eigenvalue weighted by atomic mass is 32.2. The lowest BCUT2D eigenvalue weighted by Crippen LogP contribution is -2.51. The van der Waals surface area contributed by atoms with E-state index in [1.165, 1.54) is 4.31 Å². The van der Waals surface area contributed by atoms with Crippen LogP contribution in [0.4, 0.5) is 0 Å². The fraction of sp³-hybridized carbons (Fsp3) is 0.350. The Morgan fingerprint density at radius 1 is 1.11 bits per heavy atom. The van der Waals surface area contributed by atoms with Crippen molar-refractivity contribution in [1.82, 2.24) is 9.62 Å². The van der Waals surface area contributed by atoms with Gasteiger partial charge in [0.05, 0.1) is 12.0 Å². The van der Waals surface area contributed by atoms with Crippen molar-refractivity contribution >= 4 is 15.9 Å². The molecule has 27 heavy (non-hydrogen) atoms. The van der Waals surface area contributed by atoms with E-state index in [9.17, 15) is 13.2 Å². The van der Waals surface area contributed by atoms with Crippen LogP contribution in [0.15, 0.2) is 59.5 Å². The van der Waals surface area contributed by atoms with Crippen molar-refractivity contribution < 1.29 is 17.9 Å². The van der Waals surface area contributed by atoms with Crippen LogP contribution < -0.4 is 10.1 Å². The number of nitrogens with zero attached hydrogens (tertiary/aromatic N) is 1. The van der Waals surface area contributed by atoms with Crippen LogP contribution in [0.5, 0.6) is 5.75 Å². The first-order valence-electron chi connectivity index (χ1n) is 9.00. The normalized spacial score (nSPS) is 18.0. The van der Waals surface area contributed by atoms with E-state index in [4.69, 9.17) is 4.74 Å². The van der Waals surface area contributed by atoms with E-state index in [1.807, 2.05) is 24.3 Å². The van der Waals surface area contributed by atoms with Crippen molar-refractivity contribution in [2.45, 2.75) is 36.7 Å². The molecular weight excluding hydrogens is 364 g/mol. The maximum atomic E-state index is 13.0. The molecule has 1 fully saturated rings. The Balaban J connectivity index is 1.71. The van der Waals surface area contributed by atoms with Gasteiger partial charge in [-0.2, -0.15) is 4.31 Å². The maximum Gasteiger partial charge on any atom is 0.243 e. The summed E-state index contributed by atoms with van der Waals surface area (Å²) in [6.07, 6.45) is 2.12. The predicted molar refractivity (Wildman–Crippen MR) is 103 cm³/mol. The molecule has 6 nitrogen and oxygen atoms in total. The fourth-order valence-corrected chi connectivity index (χ4v) is 4.91. The van der Waals surface area contributed by atoms with Gasteiger partial charge in [0.15, 0.2) is 0 Å². The molecule has 1 saturated heterocycles. The van der Waals surface area contributed by atoms with Crippen LogP contribution in [-0.2, 0) is 21.4 Å². The van der Waals surface area contributed by atoms with E-state index < -0.39 is 16.1 Å². The van der Waals surface area contributed by atoms with E-state index in [1.54, 1.807) is 37.4 Å². The minimum absolute atomic E-state index is 0.222. The zero-order valence-corrected chi connectivity index (χ0v) is 16.1. The fourth-order valence-electron chi connectivity index (χ4n) is 3.23. The molecule has 2 aromatic carbocycles. The first-order valence-corrected chi connectivity index (χ1v) is 10.4. The Morgan fingerprint density at radius 2 is 1.81 bits per heavy atom. The van der Waals surface area contributed by atoms with E-state index in [0.717, 1.165) is 24.2 Å². The van der Waals surface area contributed by atoms with Gasteiger partial charge in [0.1, 0.15) is 11.8 Å². The topological polar surface area (TPSA) is 75.7 Å². The molecular formula is C20H24N2O4S. The van der Waals surface area contributed by atoms with Gasteiger partial charge in [0, 0.05) is 13.1 Å². The molecule has 0 aromatic heterocycles. The number of benzene rings is 2. The Hall–Kier alpha value is -2.38. The summed E-state index contributed by atoms with van der Waals surface area (Å²) in [4.78, 5) is 13.0. The molecule has 1 aliphatic rings. The molecule has 144 valence electrons. The van der Waals surface area contributed by atoms with Crippen molar-refractivity contribution in [2.75, 3.05) is 13.7 Å². The quantitative estimate of drug-likeness (QED) is 0.825. The lowest BCUT2D eigenvalue weighted by Gasteiger charge is -2.33. The molecule has 1 aliphatic heterocycles. The molecule has 1 heterocycles. The van der Waals surface area contributed by atoms with Crippen molar-refractivity contribution in [3.05, 3.63) is 60.2 Å². The van der Waals surface area contributed by atoms with Crippen molar-refractivity contribution in [3.8, 4) is 5.75 Å². The SMILES string of the molecule is COc1ccc(CNC(=O)C2CCCCN2S(=O)(=O)c2ccccc2)cc1. The van der Waals surface area contributed by atoms with Crippen LogP contribution in [0.1, 0.15) is 24.8 Å². The second-order valence-corrected chi connectivity index (χ2v) is 8.40. The molecule has 1 unspecified atom stereocenters. The highest BCUT2D eigenvalue weighted by Crippen LogP contribution is 2.25. The van der Waals surface area contributed by atoms with E-state index >= 15 is 0 Å². The summed E-state index contributed by atoms with van der Waals surface area (Å²) in [6.45, 7) is 0.705. The Bertz CT molecular complexity index is 867. The number of carbonyl (C=O) groups excluding carboxylic acids is 1. The molecule has 1 atom stereocenters. The van der Waals surface area contributed by atoms with Crippen LogP contribution in [0, 0.1) is 0 Å². The Kier molecular flexibility index (Phi) is 6.13. The molecule has 0 radical (unpaired) electrons. The van der Waals surface area contributed by atoms with E-state index in [-0.39, 0.29) is 10.8 Å². The molecule has 7 heteroatoms. The van der Waals surface area contributed by atoms with Crippen LogP contribution in [-0.4, -0.2) is 38.3 Å². The number of hydrogen-bond acceptors (Lipinski definition) is 4. The summed E-state index contributed by atoms with van der Waals surface area (Å²) >= 11 is 0. The molecule has 0 saturated carbocycles. The highest BCUT2D eigenvalue weighted by Gasteiger charge is 2.37. The van der Waals surface area contributed by atoms with Crippen LogP contribution in [0.2, 0.25) is 0 Å². The summed E-state index contributed by atoms with van der Waals surface area (Å²) in [5.41, 5.74) is 0.928. The summed E-state index contributed by atoms with van der Waals surface area (Å²) in [6, 6.07) is 15.0. The van der Waals surface area contributed by atoms with Gasteiger partial charge in [-0.1, -0.05) is 36.8 Å². The summed E-state index contributed by atoms with van der Waals surface area (Å²) in [7, 11) is -2.09.